The van der Waals surface area contributed by atoms with Gasteiger partial charge in [-0.3, -0.25) is 0 Å². The molecule has 0 aliphatic carbocycles. The van der Waals surface area contributed by atoms with Crippen LogP contribution in [0.4, 0.5) is 0 Å². The molecule has 0 bridgehead atoms. The van der Waals surface area contributed by atoms with Gasteiger partial charge in [0.05, 0.1) is 16.7 Å². The van der Waals surface area contributed by atoms with Crippen LogP contribution in [0.3, 0.4) is 0 Å². The molecule has 70 heavy (non-hydrogen) atoms. The predicted molar refractivity (Wildman–Crippen MR) is 288 cm³/mol. The Balaban J connectivity index is 1.14. The lowest BCUT2D eigenvalue weighted by Crippen LogP contribution is -2.74. The van der Waals surface area contributed by atoms with Crippen LogP contribution in [-0.4, -0.2) is 42.5 Å². The molecule has 0 aliphatic heterocycles. The first-order chi connectivity index (χ1) is 34.5. The second-order valence-electron chi connectivity index (χ2n) is 17.5. The number of hydrogen-bond acceptors (Lipinski definition) is 6. The fourth-order valence-electron chi connectivity index (χ4n) is 10.1. The minimum atomic E-state index is -2.84. The van der Waals surface area contributed by atoms with Gasteiger partial charge >= 0.3 is 0 Å². The average molecular weight is 916 g/mol. The molecule has 8 heteroatoms. The maximum atomic E-state index is 5.37. The van der Waals surface area contributed by atoms with Crippen molar-refractivity contribution in [3.05, 3.63) is 248 Å². The molecule has 12 aromatic rings. The Morgan fingerprint density at radius 3 is 1.33 bits per heavy atom. The van der Waals surface area contributed by atoms with E-state index < -0.39 is 8.07 Å². The topological polar surface area (TPSA) is 82.3 Å². The third kappa shape index (κ3) is 7.57. The third-order valence-electron chi connectivity index (χ3n) is 13.2. The van der Waals surface area contributed by atoms with Crippen LogP contribution >= 0.6 is 0 Å². The lowest BCUT2D eigenvalue weighted by Gasteiger charge is -2.34. The highest BCUT2D eigenvalue weighted by molar-refractivity contribution is 7.19. The number of benzene rings is 9. The first-order valence-electron chi connectivity index (χ1n) is 23.5. The van der Waals surface area contributed by atoms with Crippen molar-refractivity contribution in [1.82, 2.24) is 34.5 Å². The lowest BCUT2D eigenvalue weighted by atomic mass is 10.0. The van der Waals surface area contributed by atoms with Crippen LogP contribution in [-0.2, 0) is 0 Å². The van der Waals surface area contributed by atoms with Crippen LogP contribution in [0.25, 0.3) is 84.2 Å². The van der Waals surface area contributed by atoms with Crippen molar-refractivity contribution in [3.8, 4) is 62.4 Å². The molecule has 0 radical (unpaired) electrons. The summed E-state index contributed by atoms with van der Waals surface area (Å²) < 4.78 is 2.34. The number of aromatic nitrogens is 7. The number of rotatable bonds is 10. The Bertz CT molecular complexity index is 3670. The van der Waals surface area contributed by atoms with Gasteiger partial charge in [0.1, 0.15) is 11.6 Å². The van der Waals surface area contributed by atoms with Crippen molar-refractivity contribution in [1.29, 1.82) is 0 Å². The monoisotopic (exact) mass is 915 g/mol. The third-order valence-corrected chi connectivity index (χ3v) is 18.0. The van der Waals surface area contributed by atoms with Crippen LogP contribution in [0.2, 0.25) is 0 Å². The molecule has 9 aromatic carbocycles. The highest BCUT2D eigenvalue weighted by Gasteiger charge is 2.41. The first-order valence-corrected chi connectivity index (χ1v) is 25.5. The Morgan fingerprint density at radius 1 is 0.300 bits per heavy atom. The number of fused-ring (bicyclic) bond motifs is 3. The highest BCUT2D eigenvalue weighted by atomic mass is 28.3. The van der Waals surface area contributed by atoms with Gasteiger partial charge in [-0.05, 0) is 70.0 Å². The van der Waals surface area contributed by atoms with Crippen LogP contribution in [0.5, 0.6) is 0 Å². The Hall–Kier alpha value is -8.98. The van der Waals surface area contributed by atoms with Gasteiger partial charge in [-0.25, -0.2) is 29.9 Å². The summed E-state index contributed by atoms with van der Waals surface area (Å²) in [5.41, 5.74) is 8.70. The molecular weight excluding hydrogens is 871 g/mol. The van der Waals surface area contributed by atoms with Gasteiger partial charge < -0.3 is 4.57 Å². The standard InChI is InChI=1S/C62H45N7Si/c1-42-63-43(2)65-61(64-42)48-35-37-54-53-33-18-19-34-56(53)69(58(54)41-48)57-38-36-47(40-55(57)62-67-59(44-21-8-3-9-22-44)66-60(68-62)45-23-10-4-11-24-45)46-25-20-32-52(39-46)70(49-26-12-5-13-27-49,50-28-14-6-15-29-50)51-30-16-7-17-31-51/h3-41H,1-2H3. The summed E-state index contributed by atoms with van der Waals surface area (Å²) >= 11 is 0. The van der Waals surface area contributed by atoms with Crippen molar-refractivity contribution >= 4 is 50.6 Å². The second-order valence-corrected chi connectivity index (χ2v) is 21.3. The molecule has 7 nitrogen and oxygen atoms in total. The summed E-state index contributed by atoms with van der Waals surface area (Å²) in [6, 6.07) is 84.5. The van der Waals surface area contributed by atoms with E-state index in [0.717, 1.165) is 60.9 Å². The molecule has 0 spiro atoms. The SMILES string of the molecule is Cc1nc(C)nc(-c2ccc3c4ccccc4n(-c4ccc(-c5cccc([Si](c6ccccc6)(c6ccccc6)c6ccccc6)c5)cc4-c4nc(-c5ccccc5)nc(-c5ccccc5)n4)c3c2)n1. The maximum absolute atomic E-state index is 5.37. The molecule has 0 aliphatic rings. The smallest absolute Gasteiger partial charge is 0.179 e. The van der Waals surface area contributed by atoms with Crippen LogP contribution in [0.1, 0.15) is 11.6 Å². The van der Waals surface area contributed by atoms with Gasteiger partial charge in [0.25, 0.3) is 0 Å². The molecular formula is C62H45N7Si. The molecule has 0 saturated carbocycles. The van der Waals surface area contributed by atoms with Crippen LogP contribution in [0.15, 0.2) is 237 Å². The molecule has 0 fully saturated rings. The Morgan fingerprint density at radius 2 is 0.743 bits per heavy atom. The second kappa shape index (κ2) is 17.9. The van der Waals surface area contributed by atoms with E-state index in [-0.39, 0.29) is 0 Å². The van der Waals surface area contributed by atoms with Crippen LogP contribution < -0.4 is 20.7 Å². The van der Waals surface area contributed by atoms with Gasteiger partial charge in [-0.1, -0.05) is 212 Å². The highest BCUT2D eigenvalue weighted by Crippen LogP contribution is 2.39. The number of para-hydroxylation sites is 1. The minimum absolute atomic E-state index is 0.563. The van der Waals surface area contributed by atoms with Gasteiger partial charge in [0, 0.05) is 33.0 Å². The van der Waals surface area contributed by atoms with Gasteiger partial charge in [-0.15, -0.1) is 0 Å². The van der Waals surface area contributed by atoms with E-state index in [1.165, 1.54) is 20.7 Å². The molecule has 0 unspecified atom stereocenters. The zero-order chi connectivity index (χ0) is 47.0. The number of hydrogen-bond donors (Lipinski definition) is 0. The zero-order valence-electron chi connectivity index (χ0n) is 38.6. The molecule has 0 saturated heterocycles. The fraction of sp³-hybridized carbons (Fsp3) is 0.0323. The van der Waals surface area contributed by atoms with Crippen molar-refractivity contribution in [3.63, 3.8) is 0 Å². The Labute approximate surface area is 407 Å². The van der Waals surface area contributed by atoms with E-state index in [2.05, 4.69) is 210 Å². The summed E-state index contributed by atoms with van der Waals surface area (Å²) in [5.74, 6) is 3.75. The number of aryl methyl sites for hydroxylation is 2. The summed E-state index contributed by atoms with van der Waals surface area (Å²) in [4.78, 5) is 29.9. The quantitative estimate of drug-likeness (QED) is 0.100. The van der Waals surface area contributed by atoms with Gasteiger partial charge in [-0.2, -0.15) is 0 Å². The molecule has 0 atom stereocenters. The van der Waals surface area contributed by atoms with Crippen molar-refractivity contribution in [2.45, 2.75) is 13.8 Å². The van der Waals surface area contributed by atoms with Gasteiger partial charge in [0.2, 0.25) is 0 Å². The minimum Gasteiger partial charge on any atom is -0.308 e. The van der Waals surface area contributed by atoms with Crippen molar-refractivity contribution in [2.24, 2.45) is 0 Å². The zero-order valence-corrected chi connectivity index (χ0v) is 39.6. The predicted octanol–water partition coefficient (Wildman–Crippen LogP) is 11.5. The van der Waals surface area contributed by atoms with E-state index in [1.54, 1.807) is 0 Å². The molecule has 12 rings (SSSR count). The summed E-state index contributed by atoms with van der Waals surface area (Å²) in [6.45, 7) is 3.82. The molecule has 332 valence electrons. The van der Waals surface area contributed by atoms with Gasteiger partial charge in [0.15, 0.2) is 31.4 Å². The fourth-order valence-corrected chi connectivity index (χ4v) is 14.9. The largest absolute Gasteiger partial charge is 0.308 e. The molecule has 0 N–H and O–H groups in total. The van der Waals surface area contributed by atoms with E-state index in [0.29, 0.717) is 34.9 Å². The molecule has 3 heterocycles. The summed E-state index contributed by atoms with van der Waals surface area (Å²) in [5, 5.41) is 7.49. The maximum Gasteiger partial charge on any atom is 0.179 e. The van der Waals surface area contributed by atoms with Crippen molar-refractivity contribution < 1.29 is 0 Å². The molecule has 0 amide bonds. The summed E-state index contributed by atoms with van der Waals surface area (Å²) in [7, 11) is -2.84. The van der Waals surface area contributed by atoms with E-state index >= 15 is 0 Å². The normalized spacial score (nSPS) is 11.6. The van der Waals surface area contributed by atoms with E-state index in [1.807, 2.05) is 50.2 Å². The average Bonchev–Trinajstić information content (AvgIpc) is 3.75. The first kappa shape index (κ1) is 42.4. The van der Waals surface area contributed by atoms with Crippen molar-refractivity contribution in [2.75, 3.05) is 0 Å². The van der Waals surface area contributed by atoms with E-state index in [4.69, 9.17) is 24.9 Å². The Kier molecular flexibility index (Phi) is 10.8. The lowest BCUT2D eigenvalue weighted by molar-refractivity contribution is 0.928. The number of nitrogens with zero attached hydrogens (tertiary/aromatic N) is 7. The molecule has 3 aromatic heterocycles. The van der Waals surface area contributed by atoms with Crippen LogP contribution in [0, 0.1) is 13.8 Å². The summed E-state index contributed by atoms with van der Waals surface area (Å²) in [6.07, 6.45) is 0. The van der Waals surface area contributed by atoms with E-state index in [9.17, 15) is 0 Å².